The number of aromatic nitrogens is 2. The molecule has 0 saturated carbocycles. The minimum atomic E-state index is -0.191. The number of hydrogen-bond acceptors (Lipinski definition) is 3. The van der Waals surface area contributed by atoms with Crippen LogP contribution in [-0.4, -0.2) is 22.3 Å². The maximum atomic E-state index is 12.3. The van der Waals surface area contributed by atoms with Gasteiger partial charge in [0.2, 0.25) is 0 Å². The predicted octanol–water partition coefficient (Wildman–Crippen LogP) is 4.40. The van der Waals surface area contributed by atoms with Crippen molar-refractivity contribution in [3.8, 4) is 11.4 Å². The van der Waals surface area contributed by atoms with Crippen LogP contribution < -0.4 is 10.1 Å². The Hall–Kier alpha value is -2.79. The van der Waals surface area contributed by atoms with Gasteiger partial charge in [-0.25, -0.2) is 4.68 Å². The van der Waals surface area contributed by atoms with Gasteiger partial charge >= 0.3 is 0 Å². The zero-order valence-corrected chi connectivity index (χ0v) is 16.3. The second kappa shape index (κ2) is 8.27. The first-order valence-corrected chi connectivity index (χ1v) is 9.11. The van der Waals surface area contributed by atoms with E-state index < -0.39 is 0 Å². The quantitative estimate of drug-likeness (QED) is 0.686. The first-order valence-electron chi connectivity index (χ1n) is 8.74. The molecule has 140 valence electrons. The van der Waals surface area contributed by atoms with Crippen LogP contribution in [0.15, 0.2) is 54.7 Å². The Morgan fingerprint density at radius 3 is 2.67 bits per heavy atom. The summed E-state index contributed by atoms with van der Waals surface area (Å²) in [5.41, 5.74) is 3.84. The zero-order valence-electron chi connectivity index (χ0n) is 15.6. The Labute approximate surface area is 163 Å². The van der Waals surface area contributed by atoms with Gasteiger partial charge in [-0.05, 0) is 56.7 Å². The summed E-state index contributed by atoms with van der Waals surface area (Å²) < 4.78 is 7.47. The lowest BCUT2D eigenvalue weighted by molar-refractivity contribution is -0.123. The summed E-state index contributed by atoms with van der Waals surface area (Å²) in [6.45, 7) is 5.76. The van der Waals surface area contributed by atoms with Crippen molar-refractivity contribution in [2.24, 2.45) is 0 Å². The number of hydrogen-bond donors (Lipinski definition) is 1. The van der Waals surface area contributed by atoms with Gasteiger partial charge in [0.25, 0.3) is 5.91 Å². The summed E-state index contributed by atoms with van der Waals surface area (Å²) in [4.78, 5) is 12.3. The number of ether oxygens (including phenoxy) is 1. The van der Waals surface area contributed by atoms with Crippen molar-refractivity contribution in [1.82, 2.24) is 15.1 Å². The number of rotatable bonds is 6. The number of nitrogens with zero attached hydrogens (tertiary/aromatic N) is 2. The number of para-hydroxylation sites is 1. The molecule has 0 aliphatic heterocycles. The second-order valence-corrected chi connectivity index (χ2v) is 6.86. The molecule has 3 aromatic rings. The Kier molecular flexibility index (Phi) is 5.81. The summed E-state index contributed by atoms with van der Waals surface area (Å²) in [6, 6.07) is 15.0. The summed E-state index contributed by atoms with van der Waals surface area (Å²) in [5, 5.41) is 8.05. The normalized spacial score (nSPS) is 11.9. The van der Waals surface area contributed by atoms with Crippen LogP contribution in [0.5, 0.6) is 5.75 Å². The average molecular weight is 384 g/mol. The third-order valence-electron chi connectivity index (χ3n) is 4.39. The molecule has 1 aromatic heterocycles. The van der Waals surface area contributed by atoms with E-state index >= 15 is 0 Å². The fourth-order valence-corrected chi connectivity index (χ4v) is 3.18. The number of carbonyl (C=O) groups is 1. The fourth-order valence-electron chi connectivity index (χ4n) is 2.96. The van der Waals surface area contributed by atoms with Gasteiger partial charge in [0, 0.05) is 16.3 Å². The number of carbonyl (C=O) groups excluding carboxylic acids is 1. The third-order valence-corrected chi connectivity index (χ3v) is 4.62. The third kappa shape index (κ3) is 4.49. The highest BCUT2D eigenvalue weighted by Crippen LogP contribution is 2.22. The molecule has 27 heavy (non-hydrogen) atoms. The molecule has 0 fully saturated rings. The Morgan fingerprint density at radius 2 is 1.96 bits per heavy atom. The molecule has 1 unspecified atom stereocenters. The van der Waals surface area contributed by atoms with Crippen LogP contribution in [0.4, 0.5) is 0 Å². The molecule has 0 aliphatic rings. The van der Waals surface area contributed by atoms with Crippen molar-refractivity contribution in [3.05, 3.63) is 76.6 Å². The summed E-state index contributed by atoms with van der Waals surface area (Å²) >= 11 is 5.93. The average Bonchev–Trinajstić information content (AvgIpc) is 3.03. The van der Waals surface area contributed by atoms with Gasteiger partial charge < -0.3 is 10.1 Å². The molecular formula is C21H22ClN3O2. The zero-order chi connectivity index (χ0) is 19.4. The highest BCUT2D eigenvalue weighted by Gasteiger charge is 2.16. The van der Waals surface area contributed by atoms with E-state index in [4.69, 9.17) is 16.3 Å². The molecule has 0 spiro atoms. The number of amides is 1. The van der Waals surface area contributed by atoms with Crippen LogP contribution in [0.3, 0.4) is 0 Å². The van der Waals surface area contributed by atoms with Crippen LogP contribution >= 0.6 is 11.6 Å². The van der Waals surface area contributed by atoms with Crippen molar-refractivity contribution < 1.29 is 9.53 Å². The van der Waals surface area contributed by atoms with Crippen molar-refractivity contribution >= 4 is 17.5 Å². The van der Waals surface area contributed by atoms with E-state index in [-0.39, 0.29) is 18.6 Å². The first kappa shape index (κ1) is 19.0. The fraction of sp³-hybridized carbons (Fsp3) is 0.238. The lowest BCUT2D eigenvalue weighted by Gasteiger charge is -2.15. The standard InChI is InChI=1S/C21H22ClN3O2/c1-14-11-17(22)9-10-20(14)27-13-21(26)24-15(2)19-12-23-25(16(19)3)18-7-5-4-6-8-18/h4-12,15H,13H2,1-3H3,(H,24,26). The van der Waals surface area contributed by atoms with E-state index in [9.17, 15) is 4.79 Å². The SMILES string of the molecule is Cc1cc(Cl)ccc1OCC(=O)NC(C)c1cnn(-c2ccccc2)c1C. The van der Waals surface area contributed by atoms with Gasteiger partial charge in [-0.3, -0.25) is 4.79 Å². The topological polar surface area (TPSA) is 56.1 Å². The molecular weight excluding hydrogens is 362 g/mol. The molecule has 1 heterocycles. The van der Waals surface area contributed by atoms with E-state index in [2.05, 4.69) is 10.4 Å². The van der Waals surface area contributed by atoms with Crippen LogP contribution in [-0.2, 0) is 4.79 Å². The van der Waals surface area contributed by atoms with Crippen LogP contribution in [0.25, 0.3) is 5.69 Å². The number of aryl methyl sites for hydroxylation is 1. The number of halogens is 1. The monoisotopic (exact) mass is 383 g/mol. The molecule has 2 aromatic carbocycles. The first-order chi connectivity index (χ1) is 13.0. The summed E-state index contributed by atoms with van der Waals surface area (Å²) in [6.07, 6.45) is 1.79. The summed E-state index contributed by atoms with van der Waals surface area (Å²) in [7, 11) is 0. The van der Waals surface area contributed by atoms with E-state index in [1.54, 1.807) is 24.4 Å². The molecule has 0 radical (unpaired) electrons. The molecule has 3 rings (SSSR count). The van der Waals surface area contributed by atoms with Crippen LogP contribution in [0, 0.1) is 13.8 Å². The molecule has 0 saturated heterocycles. The maximum Gasteiger partial charge on any atom is 0.258 e. The predicted molar refractivity (Wildman–Crippen MR) is 107 cm³/mol. The van der Waals surface area contributed by atoms with Crippen LogP contribution in [0.1, 0.15) is 29.8 Å². The second-order valence-electron chi connectivity index (χ2n) is 6.42. The van der Waals surface area contributed by atoms with Gasteiger partial charge in [0.05, 0.1) is 17.9 Å². The molecule has 1 atom stereocenters. The van der Waals surface area contributed by atoms with E-state index in [0.29, 0.717) is 10.8 Å². The lowest BCUT2D eigenvalue weighted by atomic mass is 10.1. The highest BCUT2D eigenvalue weighted by molar-refractivity contribution is 6.30. The number of nitrogens with one attached hydrogen (secondary N) is 1. The van der Waals surface area contributed by atoms with Gasteiger partial charge in [-0.15, -0.1) is 0 Å². The van der Waals surface area contributed by atoms with E-state index in [0.717, 1.165) is 22.5 Å². The van der Waals surface area contributed by atoms with Crippen molar-refractivity contribution in [3.63, 3.8) is 0 Å². The molecule has 1 N–H and O–H groups in total. The van der Waals surface area contributed by atoms with Gasteiger partial charge in [0.1, 0.15) is 5.75 Å². The minimum absolute atomic E-state index is 0.0569. The van der Waals surface area contributed by atoms with Crippen molar-refractivity contribution in [1.29, 1.82) is 0 Å². The smallest absolute Gasteiger partial charge is 0.258 e. The highest BCUT2D eigenvalue weighted by atomic mass is 35.5. The Morgan fingerprint density at radius 1 is 1.22 bits per heavy atom. The van der Waals surface area contributed by atoms with Crippen LogP contribution in [0.2, 0.25) is 5.02 Å². The van der Waals surface area contributed by atoms with Gasteiger partial charge in [-0.1, -0.05) is 29.8 Å². The largest absolute Gasteiger partial charge is 0.484 e. The van der Waals surface area contributed by atoms with E-state index in [1.165, 1.54) is 0 Å². The van der Waals surface area contributed by atoms with E-state index in [1.807, 2.05) is 55.8 Å². The Bertz CT molecular complexity index is 938. The van der Waals surface area contributed by atoms with Gasteiger partial charge in [0.15, 0.2) is 6.61 Å². The molecule has 5 nitrogen and oxygen atoms in total. The lowest BCUT2D eigenvalue weighted by Crippen LogP contribution is -2.31. The summed E-state index contributed by atoms with van der Waals surface area (Å²) in [5.74, 6) is 0.457. The number of benzene rings is 2. The van der Waals surface area contributed by atoms with Crippen molar-refractivity contribution in [2.75, 3.05) is 6.61 Å². The molecule has 6 heteroatoms. The van der Waals surface area contributed by atoms with Gasteiger partial charge in [-0.2, -0.15) is 5.10 Å². The Balaban J connectivity index is 1.62. The maximum absolute atomic E-state index is 12.3. The molecule has 1 amide bonds. The molecule has 0 aliphatic carbocycles. The molecule has 0 bridgehead atoms. The minimum Gasteiger partial charge on any atom is -0.484 e. The van der Waals surface area contributed by atoms with Crippen molar-refractivity contribution in [2.45, 2.75) is 26.8 Å².